The molecule has 0 aliphatic heterocycles. The molecule has 19 heavy (non-hydrogen) atoms. The summed E-state index contributed by atoms with van der Waals surface area (Å²) in [6.07, 6.45) is -0.332. The summed E-state index contributed by atoms with van der Waals surface area (Å²) in [6, 6.07) is 5.84. The van der Waals surface area contributed by atoms with Crippen LogP contribution in [-0.4, -0.2) is 31.5 Å². The summed E-state index contributed by atoms with van der Waals surface area (Å²) in [5.74, 6) is 1.77. The summed E-state index contributed by atoms with van der Waals surface area (Å²) < 4.78 is 10.9. The van der Waals surface area contributed by atoms with E-state index in [1.165, 1.54) is 0 Å². The first-order valence-corrected chi connectivity index (χ1v) is 6.77. The van der Waals surface area contributed by atoms with E-state index in [0.717, 1.165) is 17.1 Å². The van der Waals surface area contributed by atoms with Crippen molar-refractivity contribution in [3.05, 3.63) is 23.8 Å². The Bertz CT molecular complexity index is 380. The molecule has 1 aromatic rings. The van der Waals surface area contributed by atoms with Gasteiger partial charge in [-0.1, -0.05) is 26.0 Å². The van der Waals surface area contributed by atoms with Crippen molar-refractivity contribution in [3.8, 4) is 11.5 Å². The maximum Gasteiger partial charge on any atom is 0.165 e. The second kappa shape index (κ2) is 8.02. The summed E-state index contributed by atoms with van der Waals surface area (Å²) in [7, 11) is 1.64. The van der Waals surface area contributed by atoms with Gasteiger partial charge >= 0.3 is 0 Å². The van der Waals surface area contributed by atoms with Crippen molar-refractivity contribution in [2.24, 2.45) is 5.92 Å². The zero-order valence-corrected chi connectivity index (χ0v) is 12.3. The van der Waals surface area contributed by atoms with Crippen LogP contribution < -0.4 is 14.8 Å². The molecule has 0 saturated heterocycles. The maximum atomic E-state index is 9.75. The van der Waals surface area contributed by atoms with Crippen LogP contribution in [0.3, 0.4) is 0 Å². The first kappa shape index (κ1) is 15.8. The lowest BCUT2D eigenvalue weighted by atomic mass is 10.1. The van der Waals surface area contributed by atoms with E-state index in [4.69, 9.17) is 9.47 Å². The van der Waals surface area contributed by atoms with Gasteiger partial charge in [0, 0.05) is 18.7 Å². The number of benzene rings is 1. The predicted octanol–water partition coefficient (Wildman–Crippen LogP) is 2.20. The van der Waals surface area contributed by atoms with Crippen molar-refractivity contribution in [1.29, 1.82) is 0 Å². The van der Waals surface area contributed by atoms with Crippen LogP contribution in [-0.2, 0) is 6.54 Å². The Morgan fingerprint density at radius 3 is 2.63 bits per heavy atom. The molecule has 0 heterocycles. The molecule has 0 aliphatic rings. The number of ether oxygens (including phenoxy) is 2. The third kappa shape index (κ3) is 4.73. The SMILES string of the molecule is CCOc1cccc(CNCC(O)C(C)C)c1OC. The van der Waals surface area contributed by atoms with E-state index in [1.807, 2.05) is 39.0 Å². The number of nitrogens with one attached hydrogen (secondary N) is 1. The van der Waals surface area contributed by atoms with Crippen LogP contribution in [0.25, 0.3) is 0 Å². The van der Waals surface area contributed by atoms with Crippen LogP contribution in [0.4, 0.5) is 0 Å². The Balaban J connectivity index is 2.65. The number of aliphatic hydroxyl groups excluding tert-OH is 1. The molecule has 1 atom stereocenters. The first-order chi connectivity index (χ1) is 9.10. The van der Waals surface area contributed by atoms with E-state index in [-0.39, 0.29) is 12.0 Å². The van der Waals surface area contributed by atoms with Gasteiger partial charge in [0.2, 0.25) is 0 Å². The average Bonchev–Trinajstić information content (AvgIpc) is 2.39. The van der Waals surface area contributed by atoms with E-state index in [1.54, 1.807) is 7.11 Å². The minimum Gasteiger partial charge on any atom is -0.493 e. The molecule has 0 aromatic heterocycles. The molecule has 0 radical (unpaired) electrons. The molecule has 1 rings (SSSR count). The van der Waals surface area contributed by atoms with Crippen molar-refractivity contribution in [3.63, 3.8) is 0 Å². The largest absolute Gasteiger partial charge is 0.493 e. The molecular formula is C15H25NO3. The Morgan fingerprint density at radius 2 is 2.05 bits per heavy atom. The average molecular weight is 267 g/mol. The highest BCUT2D eigenvalue weighted by molar-refractivity contribution is 5.46. The van der Waals surface area contributed by atoms with Crippen LogP contribution in [0, 0.1) is 5.92 Å². The zero-order valence-electron chi connectivity index (χ0n) is 12.3. The monoisotopic (exact) mass is 267 g/mol. The number of rotatable bonds is 8. The minimum atomic E-state index is -0.332. The number of hydrogen-bond donors (Lipinski definition) is 2. The second-order valence-corrected chi connectivity index (χ2v) is 4.82. The topological polar surface area (TPSA) is 50.7 Å². The van der Waals surface area contributed by atoms with Gasteiger partial charge in [-0.05, 0) is 18.9 Å². The van der Waals surface area contributed by atoms with E-state index < -0.39 is 0 Å². The van der Waals surface area contributed by atoms with Crippen LogP contribution in [0.15, 0.2) is 18.2 Å². The molecule has 1 aromatic carbocycles. The highest BCUT2D eigenvalue weighted by atomic mass is 16.5. The van der Waals surface area contributed by atoms with Crippen LogP contribution in [0.1, 0.15) is 26.3 Å². The summed E-state index contributed by atoms with van der Waals surface area (Å²) in [6.45, 7) is 7.78. The van der Waals surface area contributed by atoms with Gasteiger partial charge in [-0.2, -0.15) is 0 Å². The van der Waals surface area contributed by atoms with Gasteiger partial charge in [-0.15, -0.1) is 0 Å². The predicted molar refractivity (Wildman–Crippen MR) is 76.7 cm³/mol. The lowest BCUT2D eigenvalue weighted by molar-refractivity contribution is 0.123. The molecule has 0 amide bonds. The molecule has 4 nitrogen and oxygen atoms in total. The van der Waals surface area contributed by atoms with Gasteiger partial charge in [0.25, 0.3) is 0 Å². The lowest BCUT2D eigenvalue weighted by Crippen LogP contribution is -2.30. The fourth-order valence-corrected chi connectivity index (χ4v) is 1.79. The Hall–Kier alpha value is -1.26. The highest BCUT2D eigenvalue weighted by Gasteiger charge is 2.11. The van der Waals surface area contributed by atoms with Crippen molar-refractivity contribution in [2.75, 3.05) is 20.3 Å². The number of aliphatic hydroxyl groups is 1. The third-order valence-electron chi connectivity index (χ3n) is 3.00. The van der Waals surface area contributed by atoms with Crippen molar-refractivity contribution < 1.29 is 14.6 Å². The normalized spacial score (nSPS) is 12.5. The molecule has 108 valence electrons. The molecule has 4 heteroatoms. The second-order valence-electron chi connectivity index (χ2n) is 4.82. The van der Waals surface area contributed by atoms with E-state index in [0.29, 0.717) is 19.7 Å². The Morgan fingerprint density at radius 1 is 1.32 bits per heavy atom. The maximum absolute atomic E-state index is 9.75. The minimum absolute atomic E-state index is 0.254. The number of methoxy groups -OCH3 is 1. The smallest absolute Gasteiger partial charge is 0.165 e. The summed E-state index contributed by atoms with van der Waals surface area (Å²) in [5.41, 5.74) is 1.03. The summed E-state index contributed by atoms with van der Waals surface area (Å²) in [5, 5.41) is 13.0. The first-order valence-electron chi connectivity index (χ1n) is 6.77. The van der Waals surface area contributed by atoms with Crippen molar-refractivity contribution in [1.82, 2.24) is 5.32 Å². The van der Waals surface area contributed by atoms with Gasteiger partial charge in [-0.3, -0.25) is 0 Å². The van der Waals surface area contributed by atoms with Crippen LogP contribution in [0.2, 0.25) is 0 Å². The quantitative estimate of drug-likeness (QED) is 0.758. The molecular weight excluding hydrogens is 242 g/mol. The van der Waals surface area contributed by atoms with Crippen LogP contribution in [0.5, 0.6) is 11.5 Å². The van der Waals surface area contributed by atoms with Gasteiger partial charge in [0.05, 0.1) is 19.8 Å². The van der Waals surface area contributed by atoms with Gasteiger partial charge < -0.3 is 19.9 Å². The van der Waals surface area contributed by atoms with Gasteiger partial charge in [0.15, 0.2) is 11.5 Å². The Kier molecular flexibility index (Phi) is 6.67. The zero-order chi connectivity index (χ0) is 14.3. The number of para-hydroxylation sites is 1. The van der Waals surface area contributed by atoms with E-state index in [9.17, 15) is 5.11 Å². The van der Waals surface area contributed by atoms with Crippen LogP contribution >= 0.6 is 0 Å². The van der Waals surface area contributed by atoms with Gasteiger partial charge in [0.1, 0.15) is 0 Å². The van der Waals surface area contributed by atoms with Crippen molar-refractivity contribution >= 4 is 0 Å². The molecule has 0 spiro atoms. The van der Waals surface area contributed by atoms with Crippen molar-refractivity contribution in [2.45, 2.75) is 33.4 Å². The molecule has 1 unspecified atom stereocenters. The number of hydrogen-bond acceptors (Lipinski definition) is 4. The Labute approximate surface area is 115 Å². The lowest BCUT2D eigenvalue weighted by Gasteiger charge is -2.17. The summed E-state index contributed by atoms with van der Waals surface area (Å²) >= 11 is 0. The van der Waals surface area contributed by atoms with E-state index >= 15 is 0 Å². The molecule has 0 aliphatic carbocycles. The molecule has 0 saturated carbocycles. The molecule has 2 N–H and O–H groups in total. The fourth-order valence-electron chi connectivity index (χ4n) is 1.79. The summed E-state index contributed by atoms with van der Waals surface area (Å²) in [4.78, 5) is 0. The molecule has 0 bridgehead atoms. The van der Waals surface area contributed by atoms with Gasteiger partial charge in [-0.25, -0.2) is 0 Å². The molecule has 0 fully saturated rings. The fraction of sp³-hybridized carbons (Fsp3) is 0.600. The highest BCUT2D eigenvalue weighted by Crippen LogP contribution is 2.30. The third-order valence-corrected chi connectivity index (χ3v) is 3.00. The standard InChI is InChI=1S/C15H25NO3/c1-5-19-14-8-6-7-12(15(14)18-4)9-16-10-13(17)11(2)3/h6-8,11,13,16-17H,5,9-10H2,1-4H3. The van der Waals surface area contributed by atoms with E-state index in [2.05, 4.69) is 5.32 Å².